The zero-order valence-electron chi connectivity index (χ0n) is 19.5. The van der Waals surface area contributed by atoms with Crippen molar-refractivity contribution in [1.82, 2.24) is 10.6 Å². The highest BCUT2D eigenvalue weighted by Crippen LogP contribution is 2.44. The number of carbonyl (C=O) groups excluding carboxylic acids is 2. The predicted octanol–water partition coefficient (Wildman–Crippen LogP) is 4.60. The fourth-order valence-electron chi connectivity index (χ4n) is 5.35. The minimum Gasteiger partial charge on any atom is -0.481 e. The number of nitrogens with one attached hydrogen (secondary N) is 2. The summed E-state index contributed by atoms with van der Waals surface area (Å²) in [4.78, 5) is 37.0. The van der Waals surface area contributed by atoms with Gasteiger partial charge in [-0.25, -0.2) is 4.79 Å². The fourth-order valence-corrected chi connectivity index (χ4v) is 5.35. The molecule has 0 saturated heterocycles. The molecule has 3 N–H and O–H groups in total. The standard InChI is InChI=1S/C27H32N2O5/c1-2-23(25(32)29-27(16-24(30)31)14-8-3-9-15-27)28-26(33)34-17-22-20-12-6-4-10-18(20)19-11-5-7-13-21(19)22/h4-7,10-13,22-23H,2-3,8-9,14-17H2,1H3,(H,28,33)(H,29,32)(H,30,31)/t23-/m1/s1. The van der Waals surface area contributed by atoms with Gasteiger partial charge in [0.1, 0.15) is 12.6 Å². The number of carboxylic acid groups (broad SMARTS) is 1. The molecule has 1 atom stereocenters. The van der Waals surface area contributed by atoms with E-state index in [0.717, 1.165) is 41.5 Å². The van der Waals surface area contributed by atoms with Crippen LogP contribution in [0.2, 0.25) is 0 Å². The molecule has 2 aliphatic carbocycles. The van der Waals surface area contributed by atoms with E-state index in [1.54, 1.807) is 6.92 Å². The van der Waals surface area contributed by atoms with Gasteiger partial charge in [-0.05, 0) is 41.5 Å². The number of alkyl carbamates (subject to hydrolysis) is 1. The monoisotopic (exact) mass is 464 g/mol. The van der Waals surface area contributed by atoms with Crippen molar-refractivity contribution in [2.24, 2.45) is 0 Å². The number of hydrogen-bond acceptors (Lipinski definition) is 4. The molecule has 2 aromatic carbocycles. The zero-order chi connectivity index (χ0) is 24.1. The largest absolute Gasteiger partial charge is 0.481 e. The fraction of sp³-hybridized carbons (Fsp3) is 0.444. The van der Waals surface area contributed by atoms with Crippen LogP contribution in [0.3, 0.4) is 0 Å². The van der Waals surface area contributed by atoms with Gasteiger partial charge < -0.3 is 20.5 Å². The van der Waals surface area contributed by atoms with Crippen molar-refractivity contribution in [3.8, 4) is 11.1 Å². The van der Waals surface area contributed by atoms with E-state index in [2.05, 4.69) is 34.9 Å². The number of carbonyl (C=O) groups is 3. The van der Waals surface area contributed by atoms with E-state index in [1.807, 2.05) is 24.3 Å². The maximum Gasteiger partial charge on any atom is 0.407 e. The molecule has 180 valence electrons. The molecule has 1 fully saturated rings. The predicted molar refractivity (Wildman–Crippen MR) is 128 cm³/mol. The van der Waals surface area contributed by atoms with Crippen LogP contribution in [0.5, 0.6) is 0 Å². The van der Waals surface area contributed by atoms with Crippen LogP contribution >= 0.6 is 0 Å². The molecule has 34 heavy (non-hydrogen) atoms. The normalized spacial score (nSPS) is 17.2. The van der Waals surface area contributed by atoms with E-state index < -0.39 is 23.6 Å². The zero-order valence-corrected chi connectivity index (χ0v) is 19.5. The van der Waals surface area contributed by atoms with Crippen LogP contribution in [-0.2, 0) is 14.3 Å². The summed E-state index contributed by atoms with van der Waals surface area (Å²) in [6.07, 6.45) is 3.67. The van der Waals surface area contributed by atoms with Crippen molar-refractivity contribution in [3.63, 3.8) is 0 Å². The molecule has 2 amide bonds. The summed E-state index contributed by atoms with van der Waals surface area (Å²) in [5.41, 5.74) is 3.78. The van der Waals surface area contributed by atoms with Crippen LogP contribution in [0.15, 0.2) is 48.5 Å². The molecular weight excluding hydrogens is 432 g/mol. The minimum absolute atomic E-state index is 0.0619. The second kappa shape index (κ2) is 10.3. The first-order chi connectivity index (χ1) is 16.4. The van der Waals surface area contributed by atoms with E-state index >= 15 is 0 Å². The Morgan fingerprint density at radius 3 is 2.15 bits per heavy atom. The van der Waals surface area contributed by atoms with Gasteiger partial charge in [-0.15, -0.1) is 0 Å². The Labute approximate surface area is 199 Å². The summed E-state index contributed by atoms with van der Waals surface area (Å²) in [6.45, 7) is 1.97. The van der Waals surface area contributed by atoms with E-state index in [4.69, 9.17) is 4.74 Å². The Hall–Kier alpha value is -3.35. The highest BCUT2D eigenvalue weighted by molar-refractivity contribution is 5.87. The molecule has 0 radical (unpaired) electrons. The van der Waals surface area contributed by atoms with Gasteiger partial charge >= 0.3 is 12.1 Å². The van der Waals surface area contributed by atoms with Gasteiger partial charge in [0.2, 0.25) is 5.91 Å². The quantitative estimate of drug-likeness (QED) is 0.530. The maximum atomic E-state index is 13.0. The lowest BCUT2D eigenvalue weighted by Crippen LogP contribution is -2.57. The molecule has 1 saturated carbocycles. The number of benzene rings is 2. The first-order valence-electron chi connectivity index (χ1n) is 12.1. The SMILES string of the molecule is CC[C@@H](NC(=O)OCC1c2ccccc2-c2ccccc21)C(=O)NC1(CC(=O)O)CCCCC1. The molecular formula is C27H32N2O5. The summed E-state index contributed by atoms with van der Waals surface area (Å²) >= 11 is 0. The number of rotatable bonds is 8. The Balaban J connectivity index is 1.38. The van der Waals surface area contributed by atoms with E-state index in [-0.39, 0.29) is 24.9 Å². The summed E-state index contributed by atoms with van der Waals surface area (Å²) in [7, 11) is 0. The molecule has 0 bridgehead atoms. The molecule has 2 aliphatic rings. The highest BCUT2D eigenvalue weighted by Gasteiger charge is 2.37. The first-order valence-corrected chi connectivity index (χ1v) is 12.1. The number of amides is 2. The number of ether oxygens (including phenoxy) is 1. The van der Waals surface area contributed by atoms with Crippen molar-refractivity contribution < 1.29 is 24.2 Å². The van der Waals surface area contributed by atoms with Crippen LogP contribution in [0.1, 0.15) is 68.9 Å². The lowest BCUT2D eigenvalue weighted by molar-refractivity contribution is -0.139. The molecule has 0 heterocycles. The van der Waals surface area contributed by atoms with Gasteiger partial charge in [0, 0.05) is 5.92 Å². The number of fused-ring (bicyclic) bond motifs is 3. The van der Waals surface area contributed by atoms with E-state index in [9.17, 15) is 19.5 Å². The molecule has 0 spiro atoms. The van der Waals surface area contributed by atoms with Crippen LogP contribution in [-0.4, -0.2) is 41.3 Å². The van der Waals surface area contributed by atoms with Crippen molar-refractivity contribution in [2.75, 3.05) is 6.61 Å². The Kier molecular flexibility index (Phi) is 7.20. The summed E-state index contributed by atoms with van der Waals surface area (Å²) < 4.78 is 5.58. The van der Waals surface area contributed by atoms with Gasteiger partial charge in [-0.1, -0.05) is 74.7 Å². The second-order valence-corrected chi connectivity index (χ2v) is 9.33. The lowest BCUT2D eigenvalue weighted by Gasteiger charge is -2.38. The van der Waals surface area contributed by atoms with Crippen molar-refractivity contribution in [3.05, 3.63) is 59.7 Å². The second-order valence-electron chi connectivity index (χ2n) is 9.33. The Morgan fingerprint density at radius 1 is 1.00 bits per heavy atom. The van der Waals surface area contributed by atoms with E-state index in [1.165, 1.54) is 0 Å². The summed E-state index contributed by atoms with van der Waals surface area (Å²) in [6, 6.07) is 15.4. The average molecular weight is 465 g/mol. The van der Waals surface area contributed by atoms with Gasteiger partial charge in [-0.2, -0.15) is 0 Å². The molecule has 7 heteroatoms. The Morgan fingerprint density at radius 2 is 1.59 bits per heavy atom. The van der Waals surface area contributed by atoms with Gasteiger partial charge in [0.25, 0.3) is 0 Å². The maximum absolute atomic E-state index is 13.0. The number of hydrogen-bond donors (Lipinski definition) is 3. The first kappa shape index (κ1) is 23.8. The van der Waals surface area contributed by atoms with Gasteiger partial charge in [0.15, 0.2) is 0 Å². The molecule has 4 rings (SSSR count). The highest BCUT2D eigenvalue weighted by atomic mass is 16.5. The average Bonchev–Trinajstić information content (AvgIpc) is 3.15. The summed E-state index contributed by atoms with van der Waals surface area (Å²) in [5, 5.41) is 15.0. The van der Waals surface area contributed by atoms with Crippen LogP contribution in [0.25, 0.3) is 11.1 Å². The van der Waals surface area contributed by atoms with Gasteiger partial charge in [-0.3, -0.25) is 9.59 Å². The van der Waals surface area contributed by atoms with Crippen molar-refractivity contribution >= 4 is 18.0 Å². The summed E-state index contributed by atoms with van der Waals surface area (Å²) in [5.74, 6) is -1.35. The minimum atomic E-state index is -0.931. The van der Waals surface area contributed by atoms with Crippen LogP contribution in [0, 0.1) is 0 Å². The van der Waals surface area contributed by atoms with Crippen LogP contribution in [0.4, 0.5) is 4.79 Å². The lowest BCUT2D eigenvalue weighted by atomic mass is 9.79. The van der Waals surface area contributed by atoms with Crippen molar-refractivity contribution in [1.29, 1.82) is 0 Å². The number of carboxylic acids is 1. The van der Waals surface area contributed by atoms with Crippen LogP contribution < -0.4 is 10.6 Å². The third-order valence-electron chi connectivity index (χ3n) is 7.05. The Bertz CT molecular complexity index is 1010. The molecule has 2 aromatic rings. The smallest absolute Gasteiger partial charge is 0.407 e. The van der Waals surface area contributed by atoms with E-state index in [0.29, 0.717) is 19.3 Å². The third kappa shape index (κ3) is 5.08. The molecule has 0 unspecified atom stereocenters. The number of aliphatic carboxylic acids is 1. The van der Waals surface area contributed by atoms with Gasteiger partial charge in [0.05, 0.1) is 12.0 Å². The topological polar surface area (TPSA) is 105 Å². The molecule has 0 aromatic heterocycles. The van der Waals surface area contributed by atoms with Crippen molar-refractivity contribution in [2.45, 2.75) is 69.4 Å². The molecule has 0 aliphatic heterocycles. The third-order valence-corrected chi connectivity index (χ3v) is 7.05. The molecule has 7 nitrogen and oxygen atoms in total.